The first-order valence-electron chi connectivity index (χ1n) is 4.45. The molecule has 2 rings (SSSR count). The lowest BCUT2D eigenvalue weighted by molar-refractivity contribution is 0.314. The highest BCUT2D eigenvalue weighted by atomic mass is 19.1. The van der Waals surface area contributed by atoms with E-state index < -0.39 is 0 Å². The summed E-state index contributed by atoms with van der Waals surface area (Å²) < 4.78 is 12.9. The molecule has 1 aliphatic rings. The average molecular weight is 194 g/mol. The van der Waals surface area contributed by atoms with Crippen molar-refractivity contribution in [1.82, 2.24) is 0 Å². The zero-order valence-electron chi connectivity index (χ0n) is 7.57. The number of halogens is 1. The normalized spacial score (nSPS) is 20.9. The summed E-state index contributed by atoms with van der Waals surface area (Å²) >= 11 is 0. The summed E-state index contributed by atoms with van der Waals surface area (Å²) in [5, 5.41) is 11.5. The Labute approximate surface area is 81.0 Å². The minimum atomic E-state index is -0.232. The van der Waals surface area contributed by atoms with E-state index in [2.05, 4.69) is 5.16 Å². The fourth-order valence-electron chi connectivity index (χ4n) is 1.88. The van der Waals surface area contributed by atoms with Gasteiger partial charge in [0.1, 0.15) is 11.7 Å². The van der Waals surface area contributed by atoms with Crippen LogP contribution in [0.4, 0.5) is 4.39 Å². The Balaban J connectivity index is 2.26. The number of nitrogens with zero attached hydrogens (tertiary/aromatic N) is 1. The molecule has 0 saturated carbocycles. The van der Waals surface area contributed by atoms with E-state index in [1.807, 2.05) is 0 Å². The second kappa shape index (κ2) is 3.29. The van der Waals surface area contributed by atoms with E-state index in [4.69, 9.17) is 10.9 Å². The molecule has 3 nitrogen and oxygen atoms in total. The predicted octanol–water partition coefficient (Wildman–Crippen LogP) is 1.29. The first kappa shape index (κ1) is 8.99. The number of amidine groups is 1. The van der Waals surface area contributed by atoms with Gasteiger partial charge in [-0.05, 0) is 36.1 Å². The van der Waals surface area contributed by atoms with Crippen molar-refractivity contribution < 1.29 is 9.60 Å². The lowest BCUT2D eigenvalue weighted by Gasteiger charge is -2.04. The molecule has 0 spiro atoms. The molecule has 4 heteroatoms. The van der Waals surface area contributed by atoms with Gasteiger partial charge in [0.15, 0.2) is 0 Å². The first-order chi connectivity index (χ1) is 6.70. The van der Waals surface area contributed by atoms with Crippen LogP contribution in [0.2, 0.25) is 0 Å². The zero-order valence-corrected chi connectivity index (χ0v) is 7.57. The molecule has 1 atom stereocenters. The van der Waals surface area contributed by atoms with Crippen molar-refractivity contribution in [2.75, 3.05) is 0 Å². The Morgan fingerprint density at radius 1 is 1.43 bits per heavy atom. The van der Waals surface area contributed by atoms with E-state index in [-0.39, 0.29) is 17.6 Å². The van der Waals surface area contributed by atoms with E-state index in [0.29, 0.717) is 6.42 Å². The molecule has 1 aliphatic carbocycles. The molecule has 0 amide bonds. The number of hydrogen-bond donors (Lipinski definition) is 2. The number of rotatable bonds is 1. The lowest BCUT2D eigenvalue weighted by atomic mass is 10.1. The second-order valence-corrected chi connectivity index (χ2v) is 3.54. The number of benzene rings is 1. The quantitative estimate of drug-likeness (QED) is 0.306. The maximum Gasteiger partial charge on any atom is 0.142 e. The topological polar surface area (TPSA) is 58.6 Å². The Bertz CT molecular complexity index is 390. The summed E-state index contributed by atoms with van der Waals surface area (Å²) in [6.07, 6.45) is 1.38. The van der Waals surface area contributed by atoms with Crippen molar-refractivity contribution in [3.63, 3.8) is 0 Å². The molecule has 1 aromatic carbocycles. The second-order valence-electron chi connectivity index (χ2n) is 3.54. The molecule has 0 radical (unpaired) electrons. The molecule has 0 saturated heterocycles. The smallest absolute Gasteiger partial charge is 0.142 e. The highest BCUT2D eigenvalue weighted by Gasteiger charge is 2.24. The van der Waals surface area contributed by atoms with Crippen molar-refractivity contribution in [2.24, 2.45) is 16.8 Å². The van der Waals surface area contributed by atoms with E-state index in [1.165, 1.54) is 12.1 Å². The van der Waals surface area contributed by atoms with Gasteiger partial charge in [-0.2, -0.15) is 0 Å². The number of hydrogen-bond acceptors (Lipinski definition) is 2. The summed E-state index contributed by atoms with van der Waals surface area (Å²) in [7, 11) is 0. The van der Waals surface area contributed by atoms with Crippen molar-refractivity contribution in [3.8, 4) is 0 Å². The van der Waals surface area contributed by atoms with Gasteiger partial charge in [0.25, 0.3) is 0 Å². The summed E-state index contributed by atoms with van der Waals surface area (Å²) in [6.45, 7) is 0. The molecular weight excluding hydrogens is 183 g/mol. The van der Waals surface area contributed by atoms with Crippen molar-refractivity contribution >= 4 is 5.84 Å². The highest BCUT2D eigenvalue weighted by molar-refractivity contribution is 5.83. The van der Waals surface area contributed by atoms with E-state index in [9.17, 15) is 4.39 Å². The van der Waals surface area contributed by atoms with Gasteiger partial charge in [-0.1, -0.05) is 11.2 Å². The van der Waals surface area contributed by atoms with Crippen molar-refractivity contribution in [3.05, 3.63) is 35.1 Å². The minimum Gasteiger partial charge on any atom is -0.409 e. The van der Waals surface area contributed by atoms with Gasteiger partial charge in [-0.25, -0.2) is 4.39 Å². The lowest BCUT2D eigenvalue weighted by Crippen LogP contribution is -2.23. The summed E-state index contributed by atoms with van der Waals surface area (Å²) in [5.41, 5.74) is 7.55. The van der Waals surface area contributed by atoms with Crippen LogP contribution in [0.5, 0.6) is 0 Å². The Hall–Kier alpha value is -1.58. The van der Waals surface area contributed by atoms with Gasteiger partial charge >= 0.3 is 0 Å². The molecular formula is C10H11FN2O. The Kier molecular flexibility index (Phi) is 2.11. The van der Waals surface area contributed by atoms with Crippen molar-refractivity contribution in [1.29, 1.82) is 0 Å². The number of oxime groups is 1. The average Bonchev–Trinajstić information content (AvgIpc) is 2.59. The Morgan fingerprint density at radius 3 is 2.86 bits per heavy atom. The largest absolute Gasteiger partial charge is 0.409 e. The maximum atomic E-state index is 12.9. The third-order valence-corrected chi connectivity index (χ3v) is 2.63. The number of fused-ring (bicyclic) bond motifs is 1. The molecule has 0 bridgehead atoms. The van der Waals surface area contributed by atoms with Gasteiger partial charge in [0, 0.05) is 5.92 Å². The van der Waals surface area contributed by atoms with Crippen LogP contribution in [-0.2, 0) is 12.8 Å². The molecule has 0 aromatic heterocycles. The van der Waals surface area contributed by atoms with Crippen LogP contribution in [0.1, 0.15) is 11.1 Å². The standard InChI is InChI=1S/C10H11FN2O/c11-9-2-1-6-3-8(10(12)13-14)4-7(6)5-9/h1-2,5,8,14H,3-4H2,(H2,12,13). The molecule has 74 valence electrons. The van der Waals surface area contributed by atoms with Crippen molar-refractivity contribution in [2.45, 2.75) is 12.8 Å². The van der Waals surface area contributed by atoms with Crippen LogP contribution in [0, 0.1) is 11.7 Å². The van der Waals surface area contributed by atoms with Crippen LogP contribution in [0.25, 0.3) is 0 Å². The molecule has 0 fully saturated rings. The van der Waals surface area contributed by atoms with Gasteiger partial charge in [0.2, 0.25) is 0 Å². The van der Waals surface area contributed by atoms with Gasteiger partial charge in [-0.3, -0.25) is 0 Å². The third-order valence-electron chi connectivity index (χ3n) is 2.63. The summed E-state index contributed by atoms with van der Waals surface area (Å²) in [4.78, 5) is 0. The van der Waals surface area contributed by atoms with Crippen LogP contribution in [0.3, 0.4) is 0 Å². The van der Waals surface area contributed by atoms with E-state index in [0.717, 1.165) is 17.5 Å². The fraction of sp³-hybridized carbons (Fsp3) is 0.300. The number of nitrogens with two attached hydrogens (primary N) is 1. The molecule has 0 heterocycles. The maximum absolute atomic E-state index is 12.9. The Morgan fingerprint density at radius 2 is 2.14 bits per heavy atom. The molecule has 0 aliphatic heterocycles. The SMILES string of the molecule is N/C(=N\O)C1Cc2ccc(F)cc2C1. The molecule has 14 heavy (non-hydrogen) atoms. The van der Waals surface area contributed by atoms with Crippen LogP contribution >= 0.6 is 0 Å². The van der Waals surface area contributed by atoms with Crippen LogP contribution in [-0.4, -0.2) is 11.0 Å². The molecule has 1 aromatic rings. The van der Waals surface area contributed by atoms with Crippen LogP contribution in [0.15, 0.2) is 23.4 Å². The zero-order chi connectivity index (χ0) is 10.1. The summed E-state index contributed by atoms with van der Waals surface area (Å²) in [6, 6.07) is 4.71. The molecule has 1 unspecified atom stereocenters. The van der Waals surface area contributed by atoms with E-state index >= 15 is 0 Å². The van der Waals surface area contributed by atoms with Gasteiger partial charge in [0.05, 0.1) is 0 Å². The first-order valence-corrected chi connectivity index (χ1v) is 4.45. The fourth-order valence-corrected chi connectivity index (χ4v) is 1.88. The van der Waals surface area contributed by atoms with Gasteiger partial charge < -0.3 is 10.9 Å². The van der Waals surface area contributed by atoms with E-state index in [1.54, 1.807) is 6.07 Å². The van der Waals surface area contributed by atoms with Gasteiger partial charge in [-0.15, -0.1) is 0 Å². The monoisotopic (exact) mass is 194 g/mol. The summed E-state index contributed by atoms with van der Waals surface area (Å²) in [5.74, 6) is 0.00215. The highest BCUT2D eigenvalue weighted by Crippen LogP contribution is 2.27. The van der Waals surface area contributed by atoms with Crippen LogP contribution < -0.4 is 5.73 Å². The predicted molar refractivity (Wildman–Crippen MR) is 50.7 cm³/mol. The third kappa shape index (κ3) is 1.43. The minimum absolute atomic E-state index is 0.0109. The molecule has 3 N–H and O–H groups in total.